The number of halogens is 1. The Bertz CT molecular complexity index is 533. The van der Waals surface area contributed by atoms with Crippen molar-refractivity contribution < 1.29 is 9.59 Å². The molecule has 2 rings (SSSR count). The van der Waals surface area contributed by atoms with Crippen molar-refractivity contribution in [1.29, 1.82) is 0 Å². The molecule has 1 heterocycles. The first-order valence-corrected chi connectivity index (χ1v) is 6.94. The van der Waals surface area contributed by atoms with Crippen LogP contribution in [0.4, 0.5) is 5.69 Å². The van der Waals surface area contributed by atoms with Crippen LogP contribution in [-0.4, -0.2) is 32.0 Å². The van der Waals surface area contributed by atoms with Gasteiger partial charge in [0.2, 0.25) is 5.91 Å². The minimum atomic E-state index is -0.215. The number of amides is 2. The monoisotopic (exact) mass is 295 g/mol. The summed E-state index contributed by atoms with van der Waals surface area (Å²) in [7, 11) is 1.56. The van der Waals surface area contributed by atoms with E-state index in [0.29, 0.717) is 22.8 Å². The maximum Gasteiger partial charge on any atom is 0.251 e. The minimum Gasteiger partial charge on any atom is -0.355 e. The lowest BCUT2D eigenvalue weighted by molar-refractivity contribution is -0.120. The molecule has 0 aliphatic carbocycles. The summed E-state index contributed by atoms with van der Waals surface area (Å²) in [6.45, 7) is 3.54. The van der Waals surface area contributed by atoms with Gasteiger partial charge in [0.25, 0.3) is 5.91 Å². The number of anilines is 1. The molecule has 2 amide bonds. The number of hydrogen-bond donors (Lipinski definition) is 3. The third kappa shape index (κ3) is 3.11. The molecule has 0 aromatic heterocycles. The standard InChI is InChI=1S/C14H18ClN3O2/c1-8-6-17-7-10(8)14(20)18-12-5-9(13(19)16-2)3-4-11(12)15/h3-5,8,10,17H,6-7H2,1-2H3,(H,16,19)(H,18,20)/t8-,10-/m1/s1. The van der Waals surface area contributed by atoms with E-state index in [-0.39, 0.29) is 23.7 Å². The van der Waals surface area contributed by atoms with Crippen LogP contribution < -0.4 is 16.0 Å². The summed E-state index contributed by atoms with van der Waals surface area (Å²) >= 11 is 6.07. The van der Waals surface area contributed by atoms with Gasteiger partial charge in [0.05, 0.1) is 16.6 Å². The number of carbonyl (C=O) groups excluding carboxylic acids is 2. The first kappa shape index (κ1) is 14.8. The third-order valence-corrected chi connectivity index (χ3v) is 3.90. The highest BCUT2D eigenvalue weighted by Gasteiger charge is 2.29. The van der Waals surface area contributed by atoms with Crippen molar-refractivity contribution in [3.8, 4) is 0 Å². The van der Waals surface area contributed by atoms with Gasteiger partial charge in [0.15, 0.2) is 0 Å². The van der Waals surface area contributed by atoms with Gasteiger partial charge in [-0.25, -0.2) is 0 Å². The second kappa shape index (κ2) is 6.24. The fraction of sp³-hybridized carbons (Fsp3) is 0.429. The molecule has 1 aliphatic heterocycles. The highest BCUT2D eigenvalue weighted by atomic mass is 35.5. The van der Waals surface area contributed by atoms with Crippen molar-refractivity contribution >= 4 is 29.1 Å². The van der Waals surface area contributed by atoms with E-state index < -0.39 is 0 Å². The SMILES string of the molecule is CNC(=O)c1ccc(Cl)c(NC(=O)[C@@H]2CNC[C@H]2C)c1. The lowest BCUT2D eigenvalue weighted by Gasteiger charge is -2.15. The van der Waals surface area contributed by atoms with E-state index in [1.807, 2.05) is 6.92 Å². The summed E-state index contributed by atoms with van der Waals surface area (Å²) in [6, 6.07) is 4.82. The Morgan fingerprint density at radius 1 is 1.35 bits per heavy atom. The van der Waals surface area contributed by atoms with Crippen LogP contribution in [0.3, 0.4) is 0 Å². The second-order valence-corrected chi connectivity index (χ2v) is 5.41. The fourth-order valence-electron chi connectivity index (χ4n) is 2.29. The number of rotatable bonds is 3. The van der Waals surface area contributed by atoms with E-state index in [4.69, 9.17) is 11.6 Å². The zero-order chi connectivity index (χ0) is 14.7. The average molecular weight is 296 g/mol. The normalized spacial score (nSPS) is 21.6. The van der Waals surface area contributed by atoms with Gasteiger partial charge in [-0.05, 0) is 30.7 Å². The summed E-state index contributed by atoms with van der Waals surface area (Å²) in [5.41, 5.74) is 0.932. The summed E-state index contributed by atoms with van der Waals surface area (Å²) in [6.07, 6.45) is 0. The zero-order valence-electron chi connectivity index (χ0n) is 11.5. The lowest BCUT2D eigenvalue weighted by Crippen LogP contribution is -2.28. The highest BCUT2D eigenvalue weighted by Crippen LogP contribution is 2.25. The molecule has 3 N–H and O–H groups in total. The summed E-state index contributed by atoms with van der Waals surface area (Å²) < 4.78 is 0. The molecule has 0 bridgehead atoms. The van der Waals surface area contributed by atoms with E-state index in [1.54, 1.807) is 25.2 Å². The van der Waals surface area contributed by atoms with E-state index in [1.165, 1.54) is 0 Å². The van der Waals surface area contributed by atoms with Crippen LogP contribution in [0.25, 0.3) is 0 Å². The predicted octanol–water partition coefficient (Wildman–Crippen LogP) is 1.49. The molecule has 0 saturated carbocycles. The number of benzene rings is 1. The van der Waals surface area contributed by atoms with E-state index in [2.05, 4.69) is 16.0 Å². The Balaban J connectivity index is 2.16. The molecule has 0 spiro atoms. The Morgan fingerprint density at radius 3 is 2.70 bits per heavy atom. The molecule has 2 atom stereocenters. The van der Waals surface area contributed by atoms with Crippen molar-refractivity contribution in [3.05, 3.63) is 28.8 Å². The van der Waals surface area contributed by atoms with Gasteiger partial charge in [-0.2, -0.15) is 0 Å². The van der Waals surface area contributed by atoms with E-state index in [0.717, 1.165) is 6.54 Å². The first-order chi connectivity index (χ1) is 9.52. The van der Waals surface area contributed by atoms with Crippen LogP contribution in [0.15, 0.2) is 18.2 Å². The van der Waals surface area contributed by atoms with Gasteiger partial charge >= 0.3 is 0 Å². The van der Waals surface area contributed by atoms with Crippen molar-refractivity contribution in [2.24, 2.45) is 11.8 Å². The maximum absolute atomic E-state index is 12.2. The molecule has 1 aliphatic rings. The van der Waals surface area contributed by atoms with Gasteiger partial charge < -0.3 is 16.0 Å². The fourth-order valence-corrected chi connectivity index (χ4v) is 2.46. The van der Waals surface area contributed by atoms with Crippen molar-refractivity contribution in [2.45, 2.75) is 6.92 Å². The van der Waals surface area contributed by atoms with Gasteiger partial charge in [-0.15, -0.1) is 0 Å². The van der Waals surface area contributed by atoms with Crippen molar-refractivity contribution in [2.75, 3.05) is 25.5 Å². The van der Waals surface area contributed by atoms with E-state index >= 15 is 0 Å². The molecular weight excluding hydrogens is 278 g/mol. The maximum atomic E-state index is 12.2. The van der Waals surface area contributed by atoms with Gasteiger partial charge in [-0.3, -0.25) is 9.59 Å². The molecule has 1 saturated heterocycles. The summed E-state index contributed by atoms with van der Waals surface area (Å²) in [4.78, 5) is 23.8. The van der Waals surface area contributed by atoms with E-state index in [9.17, 15) is 9.59 Å². The van der Waals surface area contributed by atoms with Crippen LogP contribution >= 0.6 is 11.6 Å². The smallest absolute Gasteiger partial charge is 0.251 e. The van der Waals surface area contributed by atoms with Crippen LogP contribution in [0, 0.1) is 11.8 Å². The van der Waals surface area contributed by atoms with Gasteiger partial charge in [0.1, 0.15) is 0 Å². The average Bonchev–Trinajstić information content (AvgIpc) is 2.86. The molecule has 6 heteroatoms. The Hall–Kier alpha value is -1.59. The molecule has 20 heavy (non-hydrogen) atoms. The third-order valence-electron chi connectivity index (χ3n) is 3.57. The number of nitrogens with one attached hydrogen (secondary N) is 3. The van der Waals surface area contributed by atoms with Crippen molar-refractivity contribution in [1.82, 2.24) is 10.6 Å². The zero-order valence-corrected chi connectivity index (χ0v) is 12.3. The van der Waals surface area contributed by atoms with Crippen molar-refractivity contribution in [3.63, 3.8) is 0 Å². The predicted molar refractivity (Wildman–Crippen MR) is 79.0 cm³/mol. The molecule has 108 valence electrons. The molecular formula is C14H18ClN3O2. The molecule has 1 aromatic carbocycles. The Morgan fingerprint density at radius 2 is 2.10 bits per heavy atom. The van der Waals surface area contributed by atoms with Crippen LogP contribution in [0.5, 0.6) is 0 Å². The second-order valence-electron chi connectivity index (χ2n) is 5.01. The minimum absolute atomic E-state index is 0.0709. The lowest BCUT2D eigenvalue weighted by atomic mass is 9.97. The van der Waals surface area contributed by atoms with Gasteiger partial charge in [-0.1, -0.05) is 18.5 Å². The molecule has 0 unspecified atom stereocenters. The Labute approximate surface area is 123 Å². The first-order valence-electron chi connectivity index (χ1n) is 6.56. The van der Waals surface area contributed by atoms with Crippen LogP contribution in [0.2, 0.25) is 5.02 Å². The number of hydrogen-bond acceptors (Lipinski definition) is 3. The largest absolute Gasteiger partial charge is 0.355 e. The summed E-state index contributed by atoms with van der Waals surface area (Å²) in [5.74, 6) is -0.0721. The Kier molecular flexibility index (Phi) is 4.62. The number of carbonyl (C=O) groups is 2. The van der Waals surface area contributed by atoms with Crippen LogP contribution in [0.1, 0.15) is 17.3 Å². The molecule has 5 nitrogen and oxygen atoms in total. The quantitative estimate of drug-likeness (QED) is 0.791. The summed E-state index contributed by atoms with van der Waals surface area (Å²) in [5, 5.41) is 8.95. The molecule has 1 aromatic rings. The molecule has 1 fully saturated rings. The highest BCUT2D eigenvalue weighted by molar-refractivity contribution is 6.33. The van der Waals surface area contributed by atoms with Gasteiger partial charge in [0, 0.05) is 19.2 Å². The topological polar surface area (TPSA) is 70.2 Å². The van der Waals surface area contributed by atoms with Crippen LogP contribution in [-0.2, 0) is 4.79 Å². The molecule has 0 radical (unpaired) electrons.